The number of ketones is 1. The minimum absolute atomic E-state index is 0.0922. The number of Topliss-reactive ketones (excluding diaryl/α,β-unsaturated/α-hetero) is 1. The fraction of sp³-hybridized carbons (Fsp3) is 0.192. The second-order valence-electron chi connectivity index (χ2n) is 8.60. The van der Waals surface area contributed by atoms with Crippen LogP contribution >= 0.6 is 0 Å². The molecule has 36 heavy (non-hydrogen) atoms. The molecule has 0 spiro atoms. The second kappa shape index (κ2) is 8.56. The lowest BCUT2D eigenvalue weighted by molar-refractivity contribution is 0.101. The Labute approximate surface area is 205 Å². The Balaban J connectivity index is 1.67. The summed E-state index contributed by atoms with van der Waals surface area (Å²) in [5, 5.41) is 7.53. The van der Waals surface area contributed by atoms with Crippen LogP contribution in [0.3, 0.4) is 0 Å². The van der Waals surface area contributed by atoms with Gasteiger partial charge in [0.25, 0.3) is 0 Å². The first-order valence-electron chi connectivity index (χ1n) is 11.2. The molecule has 0 unspecified atom stereocenters. The lowest BCUT2D eigenvalue weighted by Crippen LogP contribution is -2.28. The zero-order valence-electron chi connectivity index (χ0n) is 20.2. The molecule has 0 saturated carbocycles. The lowest BCUT2D eigenvalue weighted by atomic mass is 10.0. The van der Waals surface area contributed by atoms with Crippen molar-refractivity contribution in [2.45, 2.75) is 20.4 Å². The minimum atomic E-state index is -0.658. The number of aromatic amines is 1. The normalized spacial score (nSPS) is 13.8. The van der Waals surface area contributed by atoms with Crippen molar-refractivity contribution in [2.24, 2.45) is 12.8 Å². The van der Waals surface area contributed by atoms with Gasteiger partial charge < -0.3 is 25.5 Å². The fourth-order valence-electron chi connectivity index (χ4n) is 4.51. The molecule has 5 rings (SSSR count). The zero-order chi connectivity index (χ0) is 25.7. The predicted molar refractivity (Wildman–Crippen MR) is 132 cm³/mol. The van der Waals surface area contributed by atoms with Gasteiger partial charge in [-0.3, -0.25) is 9.48 Å². The van der Waals surface area contributed by atoms with Crippen LogP contribution in [0.15, 0.2) is 36.1 Å². The first-order chi connectivity index (χ1) is 17.2. The van der Waals surface area contributed by atoms with Gasteiger partial charge in [-0.1, -0.05) is 6.07 Å². The highest BCUT2D eigenvalue weighted by atomic mass is 19.1. The van der Waals surface area contributed by atoms with E-state index in [1.807, 2.05) is 20.9 Å². The largest absolute Gasteiger partial charge is 0.497 e. The average Bonchev–Trinajstić information content (AvgIpc) is 3.44. The molecule has 10 heteroatoms. The number of allylic oxidation sites excluding steroid dienone is 1. The highest BCUT2D eigenvalue weighted by molar-refractivity contribution is 6.16. The highest BCUT2D eigenvalue weighted by Gasteiger charge is 2.29. The van der Waals surface area contributed by atoms with Crippen LogP contribution in [-0.2, 0) is 13.6 Å². The Morgan fingerprint density at radius 1 is 1.31 bits per heavy atom. The van der Waals surface area contributed by atoms with Gasteiger partial charge in [0.15, 0.2) is 11.6 Å². The summed E-state index contributed by atoms with van der Waals surface area (Å²) in [5.41, 5.74) is 10.1. The molecular formula is C26H24FN5O4. The molecule has 4 N–H and O–H groups in total. The number of rotatable bonds is 5. The first kappa shape index (κ1) is 23.2. The van der Waals surface area contributed by atoms with Gasteiger partial charge in [0.05, 0.1) is 29.6 Å². The lowest BCUT2D eigenvalue weighted by Gasteiger charge is -2.05. The van der Waals surface area contributed by atoms with E-state index in [0.717, 1.165) is 17.0 Å². The van der Waals surface area contributed by atoms with Crippen LogP contribution in [0.5, 0.6) is 11.5 Å². The van der Waals surface area contributed by atoms with Gasteiger partial charge in [-0.2, -0.15) is 5.10 Å². The minimum Gasteiger partial charge on any atom is -0.497 e. The van der Waals surface area contributed by atoms with Crippen LogP contribution in [0.25, 0.3) is 28.2 Å². The SMILES string of the molecule is COc1cc(F)c2[nH]c(-c3c(C)nn(C)c3C)c(C=C3Oc4ccc(CNC(N)=O)cc4C3=O)c2c1. The van der Waals surface area contributed by atoms with Gasteiger partial charge in [-0.25, -0.2) is 9.18 Å². The van der Waals surface area contributed by atoms with Gasteiger partial charge in [-0.15, -0.1) is 0 Å². The molecule has 0 saturated heterocycles. The third-order valence-corrected chi connectivity index (χ3v) is 6.34. The standard InChI is InChI=1S/C26H24FN5O4/c1-12-22(13(2)32(3)31-12)24-17(16-8-15(35-4)9-19(27)23(16)30-24)10-21-25(33)18-7-14(11-29-26(28)34)5-6-20(18)36-21/h5-10,30H,11H2,1-4H3,(H3,28,29,34). The number of hydrogen-bond acceptors (Lipinski definition) is 5. The number of nitrogens with zero attached hydrogens (tertiary/aromatic N) is 2. The van der Waals surface area contributed by atoms with E-state index in [1.54, 1.807) is 35.0 Å². The summed E-state index contributed by atoms with van der Waals surface area (Å²) in [4.78, 5) is 27.5. The van der Waals surface area contributed by atoms with E-state index in [0.29, 0.717) is 39.3 Å². The van der Waals surface area contributed by atoms with E-state index in [-0.39, 0.29) is 23.6 Å². The second-order valence-corrected chi connectivity index (χ2v) is 8.60. The van der Waals surface area contributed by atoms with E-state index in [1.165, 1.54) is 13.2 Å². The van der Waals surface area contributed by atoms with Gasteiger partial charge >= 0.3 is 6.03 Å². The number of carbonyl (C=O) groups is 2. The smallest absolute Gasteiger partial charge is 0.312 e. The van der Waals surface area contributed by atoms with Gasteiger partial charge in [0, 0.05) is 41.9 Å². The number of amides is 2. The van der Waals surface area contributed by atoms with Crippen molar-refractivity contribution >= 4 is 28.8 Å². The molecule has 184 valence electrons. The van der Waals surface area contributed by atoms with E-state index >= 15 is 4.39 Å². The molecule has 0 atom stereocenters. The Kier molecular flexibility index (Phi) is 5.51. The molecule has 2 aromatic heterocycles. The zero-order valence-corrected chi connectivity index (χ0v) is 20.2. The van der Waals surface area contributed by atoms with E-state index in [4.69, 9.17) is 15.2 Å². The fourth-order valence-corrected chi connectivity index (χ4v) is 4.51. The number of ether oxygens (including phenoxy) is 2. The van der Waals surface area contributed by atoms with Crippen LogP contribution in [-0.4, -0.2) is 33.7 Å². The highest BCUT2D eigenvalue weighted by Crippen LogP contribution is 2.40. The van der Waals surface area contributed by atoms with Crippen LogP contribution in [0.1, 0.15) is 32.9 Å². The quantitative estimate of drug-likeness (QED) is 0.364. The van der Waals surface area contributed by atoms with Crippen molar-refractivity contribution in [3.8, 4) is 22.8 Å². The Morgan fingerprint density at radius 2 is 2.08 bits per heavy atom. The van der Waals surface area contributed by atoms with Gasteiger partial charge in [0.2, 0.25) is 5.78 Å². The number of aryl methyl sites for hydroxylation is 2. The number of urea groups is 1. The van der Waals surface area contributed by atoms with Crippen molar-refractivity contribution in [3.05, 3.63) is 70.0 Å². The number of nitrogens with one attached hydrogen (secondary N) is 2. The molecule has 2 amide bonds. The Morgan fingerprint density at radius 3 is 2.75 bits per heavy atom. The van der Waals surface area contributed by atoms with Crippen molar-refractivity contribution in [1.29, 1.82) is 0 Å². The van der Waals surface area contributed by atoms with E-state index < -0.39 is 11.8 Å². The number of carbonyl (C=O) groups excluding carboxylic acids is 2. The van der Waals surface area contributed by atoms with Crippen molar-refractivity contribution in [1.82, 2.24) is 20.1 Å². The first-order valence-corrected chi connectivity index (χ1v) is 11.2. The van der Waals surface area contributed by atoms with Crippen molar-refractivity contribution < 1.29 is 23.5 Å². The molecule has 0 radical (unpaired) electrons. The molecule has 0 aliphatic carbocycles. The van der Waals surface area contributed by atoms with Crippen LogP contribution < -0.4 is 20.5 Å². The maximum absolute atomic E-state index is 15.0. The third-order valence-electron chi connectivity index (χ3n) is 6.34. The number of primary amides is 1. The molecule has 1 aliphatic heterocycles. The Bertz CT molecular complexity index is 1600. The summed E-state index contributed by atoms with van der Waals surface area (Å²) in [5.74, 6) is 0.0261. The molecule has 0 fully saturated rings. The molecule has 9 nitrogen and oxygen atoms in total. The van der Waals surface area contributed by atoms with Gasteiger partial charge in [-0.05, 0) is 43.7 Å². The average molecular weight is 490 g/mol. The maximum Gasteiger partial charge on any atom is 0.312 e. The van der Waals surface area contributed by atoms with E-state index in [2.05, 4.69) is 15.4 Å². The number of fused-ring (bicyclic) bond motifs is 2. The van der Waals surface area contributed by atoms with Gasteiger partial charge in [0.1, 0.15) is 11.5 Å². The summed E-state index contributed by atoms with van der Waals surface area (Å²) < 4.78 is 28.0. The molecule has 2 aromatic carbocycles. The van der Waals surface area contributed by atoms with Crippen LogP contribution in [0.4, 0.5) is 9.18 Å². The molecule has 3 heterocycles. The van der Waals surface area contributed by atoms with Crippen LogP contribution in [0, 0.1) is 19.7 Å². The number of nitrogens with two attached hydrogens (primary N) is 1. The Hall–Kier alpha value is -4.60. The van der Waals surface area contributed by atoms with E-state index in [9.17, 15) is 9.59 Å². The summed E-state index contributed by atoms with van der Waals surface area (Å²) in [6, 6.07) is 7.42. The third kappa shape index (κ3) is 3.76. The molecule has 1 aliphatic rings. The monoisotopic (exact) mass is 489 g/mol. The molecule has 0 bridgehead atoms. The van der Waals surface area contributed by atoms with Crippen molar-refractivity contribution in [3.63, 3.8) is 0 Å². The predicted octanol–water partition coefficient (Wildman–Crippen LogP) is 4.12. The number of H-pyrrole nitrogens is 1. The van der Waals surface area contributed by atoms with Crippen molar-refractivity contribution in [2.75, 3.05) is 7.11 Å². The topological polar surface area (TPSA) is 124 Å². The summed E-state index contributed by atoms with van der Waals surface area (Å²) in [6.07, 6.45) is 1.61. The number of hydrogen-bond donors (Lipinski definition) is 3. The van der Waals surface area contributed by atoms with Crippen LogP contribution in [0.2, 0.25) is 0 Å². The number of methoxy groups -OCH3 is 1. The molecular weight excluding hydrogens is 465 g/mol. The number of aromatic nitrogens is 3. The summed E-state index contributed by atoms with van der Waals surface area (Å²) in [6.45, 7) is 3.97. The number of halogens is 1. The summed E-state index contributed by atoms with van der Waals surface area (Å²) in [7, 11) is 3.30. The molecule has 4 aromatic rings. The number of benzene rings is 2. The maximum atomic E-state index is 15.0. The summed E-state index contributed by atoms with van der Waals surface area (Å²) >= 11 is 0.